The van der Waals surface area contributed by atoms with Crippen LogP contribution in [0.25, 0.3) is 6.08 Å². The third-order valence-corrected chi connectivity index (χ3v) is 4.80. The predicted octanol–water partition coefficient (Wildman–Crippen LogP) is 3.65. The first-order chi connectivity index (χ1) is 14.0. The van der Waals surface area contributed by atoms with Gasteiger partial charge in [0.05, 0.1) is 10.6 Å². The first kappa shape index (κ1) is 20.2. The van der Waals surface area contributed by atoms with E-state index in [4.69, 9.17) is 9.84 Å². The number of carbonyl (C=O) groups excluding carboxylic acids is 1. The molecule has 0 radical (unpaired) electrons. The number of carboxylic acids is 1. The van der Waals surface area contributed by atoms with Crippen LogP contribution in [-0.4, -0.2) is 45.3 Å². The predicted molar refractivity (Wildman–Crippen MR) is 112 cm³/mol. The van der Waals surface area contributed by atoms with Crippen LogP contribution in [0.15, 0.2) is 71.1 Å². The van der Waals surface area contributed by atoms with Crippen molar-refractivity contribution in [2.45, 2.75) is 0 Å². The van der Waals surface area contributed by atoms with Crippen LogP contribution in [0.1, 0.15) is 5.56 Å². The number of nitrogens with zero attached hydrogens (tertiary/aromatic N) is 2. The number of aromatic hydroxyl groups is 1. The molecular formula is C21H18N2O5S. The third-order valence-electron chi connectivity index (χ3n) is 3.79. The molecule has 0 atom stereocenters. The molecule has 0 spiro atoms. The van der Waals surface area contributed by atoms with Gasteiger partial charge < -0.3 is 14.9 Å². The fraction of sp³-hybridized carbons (Fsp3) is 0.0952. The van der Waals surface area contributed by atoms with Crippen molar-refractivity contribution < 1.29 is 24.5 Å². The Morgan fingerprint density at radius 2 is 2.00 bits per heavy atom. The second-order valence-electron chi connectivity index (χ2n) is 5.98. The van der Waals surface area contributed by atoms with E-state index in [9.17, 15) is 14.7 Å². The second-order valence-corrected chi connectivity index (χ2v) is 6.99. The molecule has 7 nitrogen and oxygen atoms in total. The number of thioether (sulfide) groups is 1. The first-order valence-corrected chi connectivity index (χ1v) is 9.42. The number of rotatable bonds is 7. The molecule has 1 fully saturated rings. The highest BCUT2D eigenvalue weighted by molar-refractivity contribution is 8.18. The number of ether oxygens (including phenoxy) is 1. The van der Waals surface area contributed by atoms with Crippen molar-refractivity contribution in [2.24, 2.45) is 4.99 Å². The lowest BCUT2D eigenvalue weighted by molar-refractivity contribution is -0.139. The topological polar surface area (TPSA) is 99.4 Å². The van der Waals surface area contributed by atoms with Gasteiger partial charge in [-0.15, -0.1) is 6.58 Å². The van der Waals surface area contributed by atoms with Gasteiger partial charge in [0.15, 0.2) is 11.8 Å². The van der Waals surface area contributed by atoms with E-state index in [1.165, 1.54) is 22.7 Å². The minimum Gasteiger partial charge on any atom is -0.508 e. The summed E-state index contributed by atoms with van der Waals surface area (Å²) in [5.74, 6) is -0.721. The number of amides is 1. The van der Waals surface area contributed by atoms with Gasteiger partial charge >= 0.3 is 5.97 Å². The number of phenols is 1. The highest BCUT2D eigenvalue weighted by Crippen LogP contribution is 2.34. The zero-order valence-electron chi connectivity index (χ0n) is 15.3. The summed E-state index contributed by atoms with van der Waals surface area (Å²) < 4.78 is 5.10. The molecule has 0 aromatic heterocycles. The summed E-state index contributed by atoms with van der Waals surface area (Å²) >= 11 is 1.23. The number of hydrogen-bond donors (Lipinski definition) is 2. The third kappa shape index (κ3) is 5.26. The minimum atomic E-state index is -1.05. The number of benzene rings is 2. The molecule has 0 unspecified atom stereocenters. The van der Waals surface area contributed by atoms with E-state index >= 15 is 0 Å². The molecule has 0 bridgehead atoms. The van der Waals surface area contributed by atoms with Crippen molar-refractivity contribution in [1.82, 2.24) is 4.90 Å². The Morgan fingerprint density at radius 1 is 1.24 bits per heavy atom. The maximum absolute atomic E-state index is 12.8. The Bertz CT molecular complexity index is 998. The van der Waals surface area contributed by atoms with Gasteiger partial charge in [0.25, 0.3) is 5.91 Å². The maximum Gasteiger partial charge on any atom is 0.341 e. The van der Waals surface area contributed by atoms with E-state index in [0.29, 0.717) is 28.1 Å². The fourth-order valence-corrected chi connectivity index (χ4v) is 3.52. The molecule has 2 N–H and O–H groups in total. The molecule has 1 aliphatic heterocycles. The van der Waals surface area contributed by atoms with Crippen LogP contribution in [0.2, 0.25) is 0 Å². The molecule has 1 amide bonds. The molecule has 3 rings (SSSR count). The van der Waals surface area contributed by atoms with Gasteiger partial charge in [0.1, 0.15) is 11.5 Å². The van der Waals surface area contributed by atoms with Gasteiger partial charge in [-0.05, 0) is 47.7 Å². The molecule has 148 valence electrons. The van der Waals surface area contributed by atoms with Gasteiger partial charge in [-0.3, -0.25) is 9.69 Å². The summed E-state index contributed by atoms with van der Waals surface area (Å²) in [6, 6.07) is 13.2. The van der Waals surface area contributed by atoms with Gasteiger partial charge in [0, 0.05) is 12.6 Å². The molecule has 8 heteroatoms. The molecule has 0 aliphatic carbocycles. The van der Waals surface area contributed by atoms with E-state index < -0.39 is 12.6 Å². The summed E-state index contributed by atoms with van der Waals surface area (Å²) in [7, 11) is 0. The van der Waals surface area contributed by atoms with E-state index in [1.54, 1.807) is 54.6 Å². The van der Waals surface area contributed by atoms with Crippen molar-refractivity contribution >= 4 is 40.6 Å². The molecule has 0 saturated carbocycles. The molecule has 29 heavy (non-hydrogen) atoms. The zero-order valence-corrected chi connectivity index (χ0v) is 16.1. The van der Waals surface area contributed by atoms with Crippen LogP contribution in [-0.2, 0) is 9.59 Å². The number of carboxylic acid groups (broad SMARTS) is 1. The maximum atomic E-state index is 12.8. The van der Waals surface area contributed by atoms with E-state index in [1.807, 2.05) is 0 Å². The van der Waals surface area contributed by atoms with Crippen molar-refractivity contribution in [3.63, 3.8) is 0 Å². The summed E-state index contributed by atoms with van der Waals surface area (Å²) in [5, 5.41) is 18.8. The molecular weight excluding hydrogens is 392 g/mol. The standard InChI is InChI=1S/C21H18N2O5S/c1-2-10-23-20(27)18(29-21(23)22-15-4-3-5-16(24)12-15)11-14-6-8-17(9-7-14)28-13-19(25)26/h2-9,11-12,24H,1,10,13H2,(H,25,26)/b18-11+,22-21?. The van der Waals surface area contributed by atoms with Crippen molar-refractivity contribution in [3.8, 4) is 11.5 Å². The van der Waals surface area contributed by atoms with Crippen molar-refractivity contribution in [1.29, 1.82) is 0 Å². The van der Waals surface area contributed by atoms with Gasteiger partial charge in [0.2, 0.25) is 0 Å². The van der Waals surface area contributed by atoms with Crippen molar-refractivity contribution in [2.75, 3.05) is 13.2 Å². The first-order valence-electron chi connectivity index (χ1n) is 8.61. The van der Waals surface area contributed by atoms with Gasteiger partial charge in [-0.25, -0.2) is 9.79 Å². The Kier molecular flexibility index (Phi) is 6.36. The second kappa shape index (κ2) is 9.11. The van der Waals surface area contributed by atoms with E-state index in [0.717, 1.165) is 5.56 Å². The summed E-state index contributed by atoms with van der Waals surface area (Å²) in [5.41, 5.74) is 1.30. The Morgan fingerprint density at radius 3 is 2.66 bits per heavy atom. The number of amidine groups is 1. The normalized spacial score (nSPS) is 16.4. The molecule has 2 aromatic carbocycles. The van der Waals surface area contributed by atoms with Gasteiger partial charge in [-0.2, -0.15) is 0 Å². The Balaban J connectivity index is 1.83. The smallest absolute Gasteiger partial charge is 0.341 e. The quantitative estimate of drug-likeness (QED) is 0.534. The summed E-state index contributed by atoms with van der Waals surface area (Å²) in [6.45, 7) is 3.58. The SMILES string of the molecule is C=CCN1C(=O)/C(=C\c2ccc(OCC(=O)O)cc2)SC1=Nc1cccc(O)c1. The lowest BCUT2D eigenvalue weighted by Gasteiger charge is -2.12. The Labute approximate surface area is 171 Å². The zero-order chi connectivity index (χ0) is 20.8. The number of carbonyl (C=O) groups is 2. The van der Waals surface area contributed by atoms with Crippen LogP contribution in [0.3, 0.4) is 0 Å². The number of hydrogen-bond acceptors (Lipinski definition) is 6. The number of phenolic OH excluding ortho intramolecular Hbond substituents is 1. The average molecular weight is 410 g/mol. The highest BCUT2D eigenvalue weighted by atomic mass is 32.2. The summed E-state index contributed by atoms with van der Waals surface area (Å²) in [6.07, 6.45) is 3.35. The molecule has 1 aliphatic rings. The van der Waals surface area contributed by atoms with E-state index in [-0.39, 0.29) is 11.7 Å². The molecule has 1 saturated heterocycles. The van der Waals surface area contributed by atoms with Crippen LogP contribution < -0.4 is 4.74 Å². The van der Waals surface area contributed by atoms with Crippen LogP contribution in [0.5, 0.6) is 11.5 Å². The average Bonchev–Trinajstić information content (AvgIpc) is 2.96. The lowest BCUT2D eigenvalue weighted by atomic mass is 10.2. The lowest BCUT2D eigenvalue weighted by Crippen LogP contribution is -2.29. The molecule has 2 aromatic rings. The largest absolute Gasteiger partial charge is 0.508 e. The Hall–Kier alpha value is -3.52. The minimum absolute atomic E-state index is 0.0948. The van der Waals surface area contributed by atoms with Crippen molar-refractivity contribution in [3.05, 3.63) is 71.7 Å². The number of aliphatic carboxylic acids is 1. The summed E-state index contributed by atoms with van der Waals surface area (Å²) in [4.78, 5) is 29.8. The molecule has 1 heterocycles. The van der Waals surface area contributed by atoms with Crippen LogP contribution >= 0.6 is 11.8 Å². The number of aliphatic imine (C=N–C) groups is 1. The van der Waals surface area contributed by atoms with E-state index in [2.05, 4.69) is 11.6 Å². The fourth-order valence-electron chi connectivity index (χ4n) is 2.51. The van der Waals surface area contributed by atoms with Gasteiger partial charge in [-0.1, -0.05) is 24.3 Å². The highest BCUT2D eigenvalue weighted by Gasteiger charge is 2.32. The van der Waals surface area contributed by atoms with Crippen LogP contribution in [0.4, 0.5) is 5.69 Å². The van der Waals surface area contributed by atoms with Crippen LogP contribution in [0, 0.1) is 0 Å². The monoisotopic (exact) mass is 410 g/mol.